The second-order valence-electron chi connectivity index (χ2n) is 0.625. The summed E-state index contributed by atoms with van der Waals surface area (Å²) in [7, 11) is 0. The Hall–Kier alpha value is 1.25. The SMILES string of the molecule is [2H][C-]1C([2H])([2H])C([2H])([2H])C([2H])([2H])C1([2H])[2H].[Br-].[Mg+2]. The Labute approximate surface area is 84.6 Å². The molecule has 0 aromatic heterocycles. The molecule has 38 valence electrons. The van der Waals surface area contributed by atoms with Gasteiger partial charge in [-0.2, -0.15) is 12.7 Å². The van der Waals surface area contributed by atoms with Gasteiger partial charge >= 0.3 is 23.1 Å². The van der Waals surface area contributed by atoms with E-state index in [0.29, 0.717) is 0 Å². The molecule has 0 saturated heterocycles. The molecule has 0 atom stereocenters. The Balaban J connectivity index is 0. The Bertz CT molecular complexity index is 239. The molecule has 1 rings (SSSR count). The van der Waals surface area contributed by atoms with Crippen molar-refractivity contribution in [3.05, 3.63) is 6.40 Å². The predicted octanol–water partition coefficient (Wildman–Crippen LogP) is -1.61. The maximum Gasteiger partial charge on any atom is 2.00 e. The normalized spacial score (nSPS) is 67.7. The van der Waals surface area contributed by atoms with Crippen LogP contribution in [0.2, 0.25) is 0 Å². The van der Waals surface area contributed by atoms with Crippen LogP contribution in [0.25, 0.3) is 0 Å². The van der Waals surface area contributed by atoms with E-state index in [2.05, 4.69) is 0 Å². The van der Waals surface area contributed by atoms with Gasteiger partial charge in [0.1, 0.15) is 0 Å². The summed E-state index contributed by atoms with van der Waals surface area (Å²) in [5, 5.41) is 0. The first kappa shape index (κ1) is 1.86. The largest absolute Gasteiger partial charge is 2.00 e. The van der Waals surface area contributed by atoms with Crippen LogP contribution < -0.4 is 17.0 Å². The summed E-state index contributed by atoms with van der Waals surface area (Å²) in [4.78, 5) is 0. The predicted molar refractivity (Wildman–Crippen MR) is 28.5 cm³/mol. The minimum Gasteiger partial charge on any atom is -1.00 e. The van der Waals surface area contributed by atoms with Gasteiger partial charge in [-0.1, -0.05) is 12.7 Å². The average Bonchev–Trinajstić information content (AvgIpc) is 2.05. The molecule has 1 aliphatic rings. The van der Waals surface area contributed by atoms with Crippen LogP contribution in [0.4, 0.5) is 0 Å². The second kappa shape index (κ2) is 7.25. The van der Waals surface area contributed by atoms with E-state index in [1.54, 1.807) is 0 Å². The molecule has 0 nitrogen and oxygen atoms in total. The first-order chi connectivity index (χ1) is 5.90. The van der Waals surface area contributed by atoms with Gasteiger partial charge in [-0.05, 0) is 5.48 Å². The first-order valence-corrected chi connectivity index (χ1v) is 1.25. The third-order valence-electron chi connectivity index (χ3n) is 0.312. The smallest absolute Gasteiger partial charge is 1.00 e. The molecule has 0 aromatic rings. The van der Waals surface area contributed by atoms with Crippen molar-refractivity contribution >= 4 is 23.1 Å². The van der Waals surface area contributed by atoms with Crippen molar-refractivity contribution in [2.75, 3.05) is 0 Å². The summed E-state index contributed by atoms with van der Waals surface area (Å²) < 4.78 is 64.8. The first-order valence-electron chi connectivity index (χ1n) is 5.75. The maximum atomic E-state index is 7.21. The Morgan fingerprint density at radius 3 is 2.00 bits per heavy atom. The van der Waals surface area contributed by atoms with Crippen LogP contribution in [-0.4, -0.2) is 23.1 Å². The molecule has 7 heavy (non-hydrogen) atoms. The fourth-order valence-electron chi connectivity index (χ4n) is 0.156. The van der Waals surface area contributed by atoms with Crippen LogP contribution in [-0.2, 0) is 0 Å². The Morgan fingerprint density at radius 1 is 1.43 bits per heavy atom. The number of hydrogen-bond acceptors (Lipinski definition) is 0. The van der Waals surface area contributed by atoms with Crippen LogP contribution in [0.5, 0.6) is 0 Å². The van der Waals surface area contributed by atoms with Crippen molar-refractivity contribution in [1.82, 2.24) is 0 Å². The van der Waals surface area contributed by atoms with Crippen LogP contribution in [0, 0.1) is 6.40 Å². The zero-order valence-electron chi connectivity index (χ0n) is 12.6. The van der Waals surface area contributed by atoms with E-state index in [4.69, 9.17) is 12.3 Å². The third kappa shape index (κ3) is 5.11. The third-order valence-corrected chi connectivity index (χ3v) is 0.312. The Kier molecular flexibility index (Phi) is 1.93. The van der Waals surface area contributed by atoms with Gasteiger partial charge in [-0.15, -0.1) is 0 Å². The van der Waals surface area contributed by atoms with Gasteiger partial charge in [0, 0.05) is 5.48 Å². The summed E-state index contributed by atoms with van der Waals surface area (Å²) >= 11 is 0. The summed E-state index contributed by atoms with van der Waals surface area (Å²) in [5.41, 5.74) is 0. The number of hydrogen-bond donors (Lipinski definition) is 0. The molecule has 0 aliphatic heterocycles. The standard InChI is InChI=1S/C5H9.BrH.Mg/c1-2-4-5-3-1;;/h1H,2-5H2;1H;/q-1;;+2/p-1/i1D,2D2,3D2,4D2,5D2;;. The van der Waals surface area contributed by atoms with Crippen molar-refractivity contribution < 1.29 is 29.3 Å². The molecule has 0 heterocycles. The van der Waals surface area contributed by atoms with Crippen LogP contribution in [0.3, 0.4) is 0 Å². The molecule has 1 saturated carbocycles. The van der Waals surface area contributed by atoms with E-state index in [0.717, 1.165) is 0 Å². The van der Waals surface area contributed by atoms with Gasteiger partial charge in [-0.25, -0.2) is 1.37 Å². The molecule has 1 aliphatic carbocycles. The molecular weight excluding hydrogens is 164 g/mol. The summed E-state index contributed by atoms with van der Waals surface area (Å²) in [6.07, 6.45) is -13.1. The monoisotopic (exact) mass is 181 g/mol. The number of rotatable bonds is 0. The molecule has 0 N–H and O–H groups in total. The second-order valence-corrected chi connectivity index (χ2v) is 0.625. The fourth-order valence-corrected chi connectivity index (χ4v) is 0.156. The zero-order chi connectivity index (χ0) is 11.6. The topological polar surface area (TPSA) is 0 Å². The zero-order valence-corrected chi connectivity index (χ0v) is 6.59. The van der Waals surface area contributed by atoms with Gasteiger partial charge in [-0.3, -0.25) is 0 Å². The van der Waals surface area contributed by atoms with Gasteiger partial charge in [0.05, 0.1) is 0 Å². The summed E-state index contributed by atoms with van der Waals surface area (Å²) in [6, 6.07) is 0. The molecular formula is C5H9BrMg. The molecule has 0 amide bonds. The van der Waals surface area contributed by atoms with Crippen LogP contribution >= 0.6 is 0 Å². The van der Waals surface area contributed by atoms with Crippen molar-refractivity contribution in [2.24, 2.45) is 0 Å². The molecule has 0 radical (unpaired) electrons. The molecule has 0 aromatic carbocycles. The van der Waals surface area contributed by atoms with E-state index in [-0.39, 0.29) is 40.0 Å². The molecule has 0 spiro atoms. The van der Waals surface area contributed by atoms with Crippen molar-refractivity contribution in [2.45, 2.75) is 25.5 Å². The van der Waals surface area contributed by atoms with Crippen LogP contribution in [0.15, 0.2) is 0 Å². The van der Waals surface area contributed by atoms with E-state index < -0.39 is 31.9 Å². The average molecular weight is 182 g/mol. The van der Waals surface area contributed by atoms with Crippen LogP contribution in [0.1, 0.15) is 37.8 Å². The van der Waals surface area contributed by atoms with Gasteiger partial charge in [0.25, 0.3) is 0 Å². The van der Waals surface area contributed by atoms with Gasteiger partial charge in [0.2, 0.25) is 0 Å². The molecule has 2 heteroatoms. The van der Waals surface area contributed by atoms with E-state index in [1.165, 1.54) is 0 Å². The van der Waals surface area contributed by atoms with Gasteiger partial charge < -0.3 is 23.4 Å². The minimum atomic E-state index is -3.04. The maximum absolute atomic E-state index is 7.21. The van der Waals surface area contributed by atoms with Crippen molar-refractivity contribution in [1.29, 1.82) is 0 Å². The quantitative estimate of drug-likeness (QED) is 0.312. The molecule has 0 unspecified atom stereocenters. The summed E-state index contributed by atoms with van der Waals surface area (Å²) in [5.74, 6) is 0. The van der Waals surface area contributed by atoms with E-state index >= 15 is 0 Å². The van der Waals surface area contributed by atoms with E-state index in [1.807, 2.05) is 0 Å². The number of halogens is 1. The molecule has 1 fully saturated rings. The van der Waals surface area contributed by atoms with Crippen molar-refractivity contribution in [3.63, 3.8) is 0 Å². The van der Waals surface area contributed by atoms with Crippen molar-refractivity contribution in [3.8, 4) is 0 Å². The summed E-state index contributed by atoms with van der Waals surface area (Å²) in [6.45, 7) is 0. The molecule has 0 bridgehead atoms. The van der Waals surface area contributed by atoms with Gasteiger partial charge in [0.15, 0.2) is 0 Å². The van der Waals surface area contributed by atoms with E-state index in [9.17, 15) is 0 Å². The fraction of sp³-hybridized carbons (Fsp3) is 0.800. The minimum absolute atomic E-state index is 0. The Morgan fingerprint density at radius 2 is 1.86 bits per heavy atom.